The monoisotopic (exact) mass is 397 g/mol. The van der Waals surface area contributed by atoms with Gasteiger partial charge in [-0.1, -0.05) is 41.9 Å². The number of hydrazone groups is 1. The highest BCUT2D eigenvalue weighted by molar-refractivity contribution is 7.89. The number of hydrogen-bond donors (Lipinski definition) is 0. The Labute approximate surface area is 163 Å². The van der Waals surface area contributed by atoms with Gasteiger partial charge in [0.2, 0.25) is 0 Å². The van der Waals surface area contributed by atoms with Crippen LogP contribution >= 0.6 is 11.6 Å². The van der Waals surface area contributed by atoms with Crippen molar-refractivity contribution in [2.75, 3.05) is 6.54 Å². The van der Waals surface area contributed by atoms with Gasteiger partial charge >= 0.3 is 0 Å². The number of sulfonamides is 1. The van der Waals surface area contributed by atoms with Gasteiger partial charge in [-0.05, 0) is 42.0 Å². The number of rotatable bonds is 4. The first kappa shape index (κ1) is 17.7. The van der Waals surface area contributed by atoms with Gasteiger partial charge in [0.05, 0.1) is 17.2 Å². The third-order valence-corrected chi connectivity index (χ3v) is 6.34. The van der Waals surface area contributed by atoms with E-state index in [2.05, 4.69) is 10.1 Å². The minimum absolute atomic E-state index is 0.162. The molecular formula is C20H16ClN3O2S. The molecule has 0 radical (unpaired) electrons. The number of aromatic nitrogens is 1. The van der Waals surface area contributed by atoms with E-state index in [0.29, 0.717) is 10.7 Å². The van der Waals surface area contributed by atoms with Gasteiger partial charge in [-0.15, -0.1) is 0 Å². The van der Waals surface area contributed by atoms with Crippen molar-refractivity contribution in [1.29, 1.82) is 0 Å². The first-order valence-corrected chi connectivity index (χ1v) is 10.2. The summed E-state index contributed by atoms with van der Waals surface area (Å²) in [6.45, 7) is 0.235. The fraction of sp³-hybridized carbons (Fsp3) is 0.100. The molecule has 0 saturated carbocycles. The van der Waals surface area contributed by atoms with Crippen molar-refractivity contribution in [3.8, 4) is 0 Å². The highest BCUT2D eigenvalue weighted by atomic mass is 35.5. The predicted octanol–water partition coefficient (Wildman–Crippen LogP) is 3.93. The molecule has 3 aromatic rings. The van der Waals surface area contributed by atoms with Crippen LogP contribution in [-0.2, 0) is 10.0 Å². The van der Waals surface area contributed by atoms with Crippen molar-refractivity contribution in [1.82, 2.24) is 9.40 Å². The summed E-state index contributed by atoms with van der Waals surface area (Å²) in [6, 6.07) is 19.6. The molecule has 136 valence electrons. The van der Waals surface area contributed by atoms with Crippen molar-refractivity contribution in [3.05, 3.63) is 95.3 Å². The molecule has 1 aromatic heterocycles. The Hall–Kier alpha value is -2.70. The van der Waals surface area contributed by atoms with Crippen molar-refractivity contribution in [2.24, 2.45) is 5.10 Å². The second-order valence-electron chi connectivity index (χ2n) is 6.15. The van der Waals surface area contributed by atoms with Crippen LogP contribution < -0.4 is 0 Å². The van der Waals surface area contributed by atoms with Crippen molar-refractivity contribution < 1.29 is 8.42 Å². The van der Waals surface area contributed by atoms with E-state index < -0.39 is 10.0 Å². The molecule has 1 atom stereocenters. The summed E-state index contributed by atoms with van der Waals surface area (Å²) in [5, 5.41) is 4.96. The lowest BCUT2D eigenvalue weighted by molar-refractivity contribution is 0.451. The molecule has 0 bridgehead atoms. The van der Waals surface area contributed by atoms with Crippen molar-refractivity contribution in [3.63, 3.8) is 0 Å². The molecule has 27 heavy (non-hydrogen) atoms. The van der Waals surface area contributed by atoms with Gasteiger partial charge in [0.25, 0.3) is 10.0 Å². The molecule has 0 saturated heterocycles. The number of hydrogen-bond acceptors (Lipinski definition) is 4. The molecule has 4 rings (SSSR count). The highest BCUT2D eigenvalue weighted by Gasteiger charge is 2.36. The Kier molecular flexibility index (Phi) is 4.68. The Bertz CT molecular complexity index is 1070. The van der Waals surface area contributed by atoms with E-state index in [1.54, 1.807) is 24.5 Å². The predicted molar refractivity (Wildman–Crippen MR) is 105 cm³/mol. The van der Waals surface area contributed by atoms with Crippen LogP contribution in [0.15, 0.2) is 89.1 Å². The minimum atomic E-state index is -3.77. The quantitative estimate of drug-likeness (QED) is 0.670. The SMILES string of the molecule is O=S(=O)(c1ccc(Cl)cc1)N1CC(c2ccccc2)C(c2cccnc2)=N1. The maximum Gasteiger partial charge on any atom is 0.279 e. The lowest BCUT2D eigenvalue weighted by Gasteiger charge is -2.16. The van der Waals surface area contributed by atoms with E-state index in [0.717, 1.165) is 15.5 Å². The molecule has 0 aliphatic carbocycles. The Morgan fingerprint density at radius 1 is 0.963 bits per heavy atom. The third kappa shape index (κ3) is 3.46. The standard InChI is InChI=1S/C20H16ClN3O2S/c21-17-8-10-18(11-9-17)27(25,26)24-14-19(15-5-2-1-3-6-15)20(23-24)16-7-4-12-22-13-16/h1-13,19H,14H2. The number of benzene rings is 2. The van der Waals surface area contributed by atoms with Gasteiger partial charge in [0.15, 0.2) is 0 Å². The number of nitrogens with zero attached hydrogens (tertiary/aromatic N) is 3. The Morgan fingerprint density at radius 2 is 1.70 bits per heavy atom. The van der Waals surface area contributed by atoms with Crippen LogP contribution in [0.1, 0.15) is 17.0 Å². The molecule has 1 unspecified atom stereocenters. The molecule has 2 aromatic carbocycles. The largest absolute Gasteiger partial charge is 0.279 e. The molecule has 0 N–H and O–H groups in total. The van der Waals surface area contributed by atoms with E-state index in [4.69, 9.17) is 11.6 Å². The third-order valence-electron chi connectivity index (χ3n) is 4.44. The molecular weight excluding hydrogens is 382 g/mol. The van der Waals surface area contributed by atoms with Crippen LogP contribution in [0, 0.1) is 0 Å². The summed E-state index contributed by atoms with van der Waals surface area (Å²) >= 11 is 5.88. The zero-order valence-electron chi connectivity index (χ0n) is 14.2. The van der Waals surface area contributed by atoms with E-state index in [1.165, 1.54) is 12.1 Å². The van der Waals surface area contributed by atoms with Crippen LogP contribution in [0.3, 0.4) is 0 Å². The molecule has 1 aliphatic heterocycles. The summed E-state index contributed by atoms with van der Waals surface area (Å²) in [7, 11) is -3.77. The molecule has 0 spiro atoms. The van der Waals surface area contributed by atoms with Gasteiger partial charge in [0, 0.05) is 28.9 Å². The summed E-state index contributed by atoms with van der Waals surface area (Å²) in [4.78, 5) is 4.31. The van der Waals surface area contributed by atoms with Gasteiger partial charge in [-0.2, -0.15) is 17.9 Å². The summed E-state index contributed by atoms with van der Waals surface area (Å²) in [5.41, 5.74) is 2.50. The maximum absolute atomic E-state index is 13.1. The fourth-order valence-corrected chi connectivity index (χ4v) is 4.47. The second-order valence-corrected chi connectivity index (χ2v) is 8.43. The molecule has 5 nitrogen and oxygen atoms in total. The lowest BCUT2D eigenvalue weighted by atomic mass is 9.91. The van der Waals surface area contributed by atoms with Crippen LogP contribution in [0.25, 0.3) is 0 Å². The zero-order valence-corrected chi connectivity index (χ0v) is 15.8. The van der Waals surface area contributed by atoms with E-state index in [1.807, 2.05) is 42.5 Å². The van der Waals surface area contributed by atoms with E-state index in [-0.39, 0.29) is 17.4 Å². The van der Waals surface area contributed by atoms with E-state index in [9.17, 15) is 8.42 Å². The Balaban J connectivity index is 1.77. The Morgan fingerprint density at radius 3 is 2.37 bits per heavy atom. The van der Waals surface area contributed by atoms with Crippen LogP contribution in [0.2, 0.25) is 5.02 Å². The molecule has 7 heteroatoms. The zero-order chi connectivity index (χ0) is 18.9. The summed E-state index contributed by atoms with van der Waals surface area (Å²) in [6.07, 6.45) is 3.38. The molecule has 0 fully saturated rings. The van der Waals surface area contributed by atoms with Crippen LogP contribution in [0.4, 0.5) is 0 Å². The first-order valence-electron chi connectivity index (χ1n) is 8.38. The van der Waals surface area contributed by atoms with Gasteiger partial charge in [-0.25, -0.2) is 0 Å². The normalized spacial score (nSPS) is 17.0. The topological polar surface area (TPSA) is 62.6 Å². The van der Waals surface area contributed by atoms with Gasteiger partial charge in [-0.3, -0.25) is 4.98 Å². The van der Waals surface area contributed by atoms with Crippen molar-refractivity contribution in [2.45, 2.75) is 10.8 Å². The second kappa shape index (κ2) is 7.13. The number of halogens is 1. The van der Waals surface area contributed by atoms with Crippen LogP contribution in [-0.4, -0.2) is 30.1 Å². The minimum Gasteiger partial charge on any atom is -0.264 e. The molecule has 0 amide bonds. The molecule has 1 aliphatic rings. The lowest BCUT2D eigenvalue weighted by Crippen LogP contribution is -2.26. The molecule has 2 heterocycles. The smallest absolute Gasteiger partial charge is 0.264 e. The fourth-order valence-electron chi connectivity index (χ4n) is 3.08. The highest BCUT2D eigenvalue weighted by Crippen LogP contribution is 2.32. The average Bonchev–Trinajstić information content (AvgIpc) is 3.16. The van der Waals surface area contributed by atoms with Crippen molar-refractivity contribution >= 4 is 27.3 Å². The first-order chi connectivity index (χ1) is 13.1. The summed E-state index contributed by atoms with van der Waals surface area (Å²) in [5.74, 6) is -0.169. The average molecular weight is 398 g/mol. The van der Waals surface area contributed by atoms with E-state index >= 15 is 0 Å². The van der Waals surface area contributed by atoms with Crippen LogP contribution in [0.5, 0.6) is 0 Å². The maximum atomic E-state index is 13.1. The van der Waals surface area contributed by atoms with Gasteiger partial charge in [0.1, 0.15) is 0 Å². The number of pyridine rings is 1. The van der Waals surface area contributed by atoms with Gasteiger partial charge < -0.3 is 0 Å². The summed E-state index contributed by atoms with van der Waals surface area (Å²) < 4.78 is 27.3.